The Morgan fingerprint density at radius 1 is 1.14 bits per heavy atom. The number of carbonyl (C=O) groups excluding carboxylic acids is 2. The Hall–Kier alpha value is -2.08. The molecule has 0 bridgehead atoms. The highest BCUT2D eigenvalue weighted by atomic mass is 79.9. The van der Waals surface area contributed by atoms with Crippen molar-refractivity contribution in [3.05, 3.63) is 58.5 Å². The maximum atomic E-state index is 11.8. The molecule has 2 N–H and O–H groups in total. The Balaban J connectivity index is 1.70. The number of furan rings is 1. The van der Waals surface area contributed by atoms with Crippen molar-refractivity contribution in [2.75, 3.05) is 13.1 Å². The van der Waals surface area contributed by atoms with Crippen LogP contribution in [-0.2, 0) is 11.2 Å². The largest absolute Gasteiger partial charge is 0.469 e. The monoisotopic (exact) mass is 350 g/mol. The van der Waals surface area contributed by atoms with Gasteiger partial charge in [0.25, 0.3) is 5.91 Å². The summed E-state index contributed by atoms with van der Waals surface area (Å²) < 4.78 is 5.97. The summed E-state index contributed by atoms with van der Waals surface area (Å²) in [5, 5.41) is 5.29. The van der Waals surface area contributed by atoms with Crippen molar-refractivity contribution in [2.45, 2.75) is 6.42 Å². The molecule has 0 saturated carbocycles. The summed E-state index contributed by atoms with van der Waals surface area (Å²) in [5.74, 6) is 0.302. The molecule has 0 aliphatic rings. The Bertz CT molecular complexity index is 611. The minimum atomic E-state index is -0.280. The molecule has 21 heavy (non-hydrogen) atoms. The van der Waals surface area contributed by atoms with Crippen LogP contribution < -0.4 is 10.6 Å². The van der Waals surface area contributed by atoms with Gasteiger partial charge in [0.05, 0.1) is 12.8 Å². The molecule has 0 unspecified atom stereocenters. The third-order valence-electron chi connectivity index (χ3n) is 2.77. The van der Waals surface area contributed by atoms with Crippen LogP contribution in [0.1, 0.15) is 16.1 Å². The molecule has 0 radical (unpaired) electrons. The first kappa shape index (κ1) is 15.3. The van der Waals surface area contributed by atoms with E-state index in [9.17, 15) is 9.59 Å². The number of hydrogen-bond acceptors (Lipinski definition) is 3. The molecule has 0 aliphatic heterocycles. The number of carbonyl (C=O) groups is 2. The molecule has 1 heterocycles. The molecule has 5 nitrogen and oxygen atoms in total. The van der Waals surface area contributed by atoms with Crippen molar-refractivity contribution in [2.24, 2.45) is 0 Å². The number of nitrogens with one attached hydrogen (secondary N) is 2. The highest BCUT2D eigenvalue weighted by Gasteiger charge is 2.08. The molecule has 0 spiro atoms. The lowest BCUT2D eigenvalue weighted by atomic mass is 10.2. The SMILES string of the molecule is O=C(CNC(=O)c1cccc(Br)c1)NCCc1ccco1. The highest BCUT2D eigenvalue weighted by molar-refractivity contribution is 9.10. The normalized spacial score (nSPS) is 10.1. The molecule has 110 valence electrons. The fourth-order valence-electron chi connectivity index (χ4n) is 1.73. The molecular formula is C15H15BrN2O3. The molecule has 0 fully saturated rings. The van der Waals surface area contributed by atoms with E-state index in [1.807, 2.05) is 12.1 Å². The maximum absolute atomic E-state index is 11.8. The van der Waals surface area contributed by atoms with Crippen LogP contribution in [0.25, 0.3) is 0 Å². The number of rotatable bonds is 6. The Morgan fingerprint density at radius 3 is 2.71 bits per heavy atom. The summed E-state index contributed by atoms with van der Waals surface area (Å²) in [5.41, 5.74) is 0.507. The first-order valence-electron chi connectivity index (χ1n) is 6.48. The third kappa shape index (κ3) is 5.07. The first-order chi connectivity index (χ1) is 10.1. The van der Waals surface area contributed by atoms with Gasteiger partial charge in [-0.15, -0.1) is 0 Å². The van der Waals surface area contributed by atoms with Crippen LogP contribution >= 0.6 is 15.9 Å². The zero-order valence-electron chi connectivity index (χ0n) is 11.3. The standard InChI is InChI=1S/C15H15BrN2O3/c16-12-4-1-3-11(9-12)15(20)18-10-14(19)17-7-6-13-5-2-8-21-13/h1-5,8-9H,6-7,10H2,(H,17,19)(H,18,20). The highest BCUT2D eigenvalue weighted by Crippen LogP contribution is 2.11. The Morgan fingerprint density at radius 2 is 2.00 bits per heavy atom. The molecule has 2 aromatic rings. The molecule has 0 saturated heterocycles. The topological polar surface area (TPSA) is 71.3 Å². The minimum absolute atomic E-state index is 0.0521. The fraction of sp³-hybridized carbons (Fsp3) is 0.200. The molecule has 0 atom stereocenters. The van der Waals surface area contributed by atoms with E-state index in [1.54, 1.807) is 30.5 Å². The van der Waals surface area contributed by atoms with Crippen LogP contribution in [0.15, 0.2) is 51.6 Å². The van der Waals surface area contributed by atoms with E-state index in [4.69, 9.17) is 4.42 Å². The molecule has 1 aromatic heterocycles. The molecule has 6 heteroatoms. The van der Waals surface area contributed by atoms with Crippen molar-refractivity contribution in [1.82, 2.24) is 10.6 Å². The first-order valence-corrected chi connectivity index (χ1v) is 7.27. The van der Waals surface area contributed by atoms with Crippen molar-refractivity contribution in [3.8, 4) is 0 Å². The smallest absolute Gasteiger partial charge is 0.251 e. The summed E-state index contributed by atoms with van der Waals surface area (Å²) in [6.07, 6.45) is 2.22. The third-order valence-corrected chi connectivity index (χ3v) is 3.26. The average Bonchev–Trinajstić information content (AvgIpc) is 2.98. The lowest BCUT2D eigenvalue weighted by Crippen LogP contribution is -2.37. The number of hydrogen-bond donors (Lipinski definition) is 2. The van der Waals surface area contributed by atoms with Crippen LogP contribution in [0, 0.1) is 0 Å². The zero-order chi connectivity index (χ0) is 15.1. The van der Waals surface area contributed by atoms with Crippen LogP contribution in [0.3, 0.4) is 0 Å². The van der Waals surface area contributed by atoms with E-state index in [0.29, 0.717) is 18.5 Å². The van der Waals surface area contributed by atoms with Gasteiger partial charge in [-0.1, -0.05) is 22.0 Å². The van der Waals surface area contributed by atoms with Gasteiger partial charge in [0.2, 0.25) is 5.91 Å². The average molecular weight is 351 g/mol. The van der Waals surface area contributed by atoms with Crippen LogP contribution in [0.2, 0.25) is 0 Å². The number of benzene rings is 1. The minimum Gasteiger partial charge on any atom is -0.469 e. The second-order valence-electron chi connectivity index (χ2n) is 4.37. The second-order valence-corrected chi connectivity index (χ2v) is 5.29. The van der Waals surface area contributed by atoms with E-state index >= 15 is 0 Å². The summed E-state index contributed by atoms with van der Waals surface area (Å²) in [4.78, 5) is 23.4. The summed E-state index contributed by atoms with van der Waals surface area (Å²) in [7, 11) is 0. The van der Waals surface area contributed by atoms with Gasteiger partial charge in [-0.25, -0.2) is 0 Å². The van der Waals surface area contributed by atoms with Crippen LogP contribution in [-0.4, -0.2) is 24.9 Å². The van der Waals surface area contributed by atoms with Gasteiger partial charge in [-0.05, 0) is 30.3 Å². The lowest BCUT2D eigenvalue weighted by Gasteiger charge is -2.06. The molecular weight excluding hydrogens is 336 g/mol. The summed E-state index contributed by atoms with van der Waals surface area (Å²) in [6.45, 7) is 0.419. The quantitative estimate of drug-likeness (QED) is 0.838. The fourth-order valence-corrected chi connectivity index (χ4v) is 2.13. The van der Waals surface area contributed by atoms with E-state index in [-0.39, 0.29) is 18.4 Å². The van der Waals surface area contributed by atoms with E-state index in [0.717, 1.165) is 10.2 Å². The van der Waals surface area contributed by atoms with Gasteiger partial charge < -0.3 is 15.1 Å². The Labute approximate surface area is 130 Å². The zero-order valence-corrected chi connectivity index (χ0v) is 12.9. The molecule has 1 aromatic carbocycles. The number of amides is 2. The lowest BCUT2D eigenvalue weighted by molar-refractivity contribution is -0.120. The predicted octanol–water partition coefficient (Wildman–Crippen LogP) is 2.13. The number of halogens is 1. The van der Waals surface area contributed by atoms with Gasteiger partial charge in [-0.3, -0.25) is 9.59 Å². The van der Waals surface area contributed by atoms with Crippen molar-refractivity contribution in [3.63, 3.8) is 0 Å². The van der Waals surface area contributed by atoms with Crippen molar-refractivity contribution >= 4 is 27.7 Å². The maximum Gasteiger partial charge on any atom is 0.251 e. The van der Waals surface area contributed by atoms with Gasteiger partial charge in [0.1, 0.15) is 5.76 Å². The van der Waals surface area contributed by atoms with Crippen LogP contribution in [0.5, 0.6) is 0 Å². The van der Waals surface area contributed by atoms with Gasteiger partial charge in [0.15, 0.2) is 0 Å². The second kappa shape index (κ2) is 7.64. The summed E-state index contributed by atoms with van der Waals surface area (Å²) >= 11 is 3.30. The predicted molar refractivity (Wildman–Crippen MR) is 81.9 cm³/mol. The van der Waals surface area contributed by atoms with Gasteiger partial charge in [0, 0.05) is 23.0 Å². The van der Waals surface area contributed by atoms with Gasteiger partial charge in [-0.2, -0.15) is 0 Å². The van der Waals surface area contributed by atoms with E-state index in [1.165, 1.54) is 0 Å². The van der Waals surface area contributed by atoms with Crippen molar-refractivity contribution in [1.29, 1.82) is 0 Å². The summed E-state index contributed by atoms with van der Waals surface area (Å²) in [6, 6.07) is 10.6. The molecule has 2 rings (SSSR count). The van der Waals surface area contributed by atoms with Crippen LogP contribution in [0.4, 0.5) is 0 Å². The van der Waals surface area contributed by atoms with Gasteiger partial charge >= 0.3 is 0 Å². The van der Waals surface area contributed by atoms with E-state index < -0.39 is 0 Å². The Kier molecular flexibility index (Phi) is 5.57. The van der Waals surface area contributed by atoms with Crippen molar-refractivity contribution < 1.29 is 14.0 Å². The van der Waals surface area contributed by atoms with E-state index in [2.05, 4.69) is 26.6 Å². The molecule has 2 amide bonds. The molecule has 0 aliphatic carbocycles.